The van der Waals surface area contributed by atoms with Crippen molar-refractivity contribution in [1.82, 2.24) is 9.88 Å². The van der Waals surface area contributed by atoms with Crippen LogP contribution in [0, 0.1) is 11.3 Å². The largest absolute Gasteiger partial charge is 0.389 e. The fourth-order valence-electron chi connectivity index (χ4n) is 5.87. The standard InChI is InChI=1S/C25H30ClN3O3/c1-24(14-32-13-21(24)30)29-6-2-15(3-7-29)18-8-16-10-22(27-12-17(16)9-20(18)26)28-23(31)19-11-25(19)4-5-25/h8-10,12,15,19,21,30H,2-7,11,13-14H2,1H3,(H,27,28,31)/t19?,21-,24+/m0/s1. The number of likely N-dealkylation sites (tertiary alicyclic amines) is 1. The van der Waals surface area contributed by atoms with Gasteiger partial charge >= 0.3 is 0 Å². The molecule has 1 unspecified atom stereocenters. The fraction of sp³-hybridized carbons (Fsp3) is 0.600. The maximum Gasteiger partial charge on any atom is 0.229 e. The Morgan fingerprint density at radius 1 is 1.25 bits per heavy atom. The van der Waals surface area contributed by atoms with Crippen LogP contribution in [0.25, 0.3) is 10.8 Å². The number of ether oxygens (including phenoxy) is 1. The SMILES string of the molecule is C[C@@]1(N2CCC(c3cc4cc(NC(=O)C5CC56CC6)ncc4cc3Cl)CC2)COC[C@@H]1O. The highest BCUT2D eigenvalue weighted by atomic mass is 35.5. The van der Waals surface area contributed by atoms with E-state index in [2.05, 4.69) is 28.2 Å². The van der Waals surface area contributed by atoms with E-state index < -0.39 is 6.10 Å². The number of pyridine rings is 1. The lowest BCUT2D eigenvalue weighted by molar-refractivity contribution is -0.117. The molecule has 2 aromatic rings. The van der Waals surface area contributed by atoms with Crippen molar-refractivity contribution in [2.45, 2.75) is 56.6 Å². The molecule has 2 aliphatic heterocycles. The first-order valence-electron chi connectivity index (χ1n) is 11.8. The highest BCUT2D eigenvalue weighted by molar-refractivity contribution is 6.32. The molecule has 7 heteroatoms. The van der Waals surface area contributed by atoms with E-state index in [9.17, 15) is 9.90 Å². The Bertz CT molecular complexity index is 1080. The third kappa shape index (κ3) is 3.43. The average Bonchev–Trinajstić information content (AvgIpc) is 3.70. The van der Waals surface area contributed by atoms with E-state index in [4.69, 9.17) is 16.3 Å². The van der Waals surface area contributed by atoms with Crippen LogP contribution >= 0.6 is 11.6 Å². The van der Waals surface area contributed by atoms with Gasteiger partial charge in [0.2, 0.25) is 5.91 Å². The number of aliphatic hydroxyl groups is 1. The van der Waals surface area contributed by atoms with Gasteiger partial charge < -0.3 is 15.2 Å². The zero-order chi connectivity index (χ0) is 22.1. The third-order valence-corrected chi connectivity index (χ3v) is 8.86. The van der Waals surface area contributed by atoms with Gasteiger partial charge in [-0.3, -0.25) is 9.69 Å². The van der Waals surface area contributed by atoms with Crippen molar-refractivity contribution in [3.8, 4) is 0 Å². The lowest BCUT2D eigenvalue weighted by Gasteiger charge is -2.43. The summed E-state index contributed by atoms with van der Waals surface area (Å²) in [6, 6.07) is 6.13. The Hall–Kier alpha value is -1.73. The van der Waals surface area contributed by atoms with E-state index in [1.165, 1.54) is 12.8 Å². The van der Waals surface area contributed by atoms with Gasteiger partial charge in [-0.2, -0.15) is 0 Å². The topological polar surface area (TPSA) is 74.7 Å². The highest BCUT2D eigenvalue weighted by Crippen LogP contribution is 2.70. The van der Waals surface area contributed by atoms with E-state index in [0.29, 0.717) is 30.4 Å². The molecule has 4 fully saturated rings. The summed E-state index contributed by atoms with van der Waals surface area (Å²) in [6.45, 7) is 4.93. The molecule has 170 valence electrons. The lowest BCUT2D eigenvalue weighted by atomic mass is 9.85. The summed E-state index contributed by atoms with van der Waals surface area (Å²) in [5.74, 6) is 1.29. The predicted molar refractivity (Wildman–Crippen MR) is 124 cm³/mol. The normalized spacial score (nSPS) is 31.8. The quantitative estimate of drug-likeness (QED) is 0.730. The van der Waals surface area contributed by atoms with Gasteiger partial charge in [-0.25, -0.2) is 4.98 Å². The van der Waals surface area contributed by atoms with Gasteiger partial charge in [0.1, 0.15) is 5.82 Å². The summed E-state index contributed by atoms with van der Waals surface area (Å²) >= 11 is 6.69. The van der Waals surface area contributed by atoms with Gasteiger partial charge in [-0.05, 0) is 92.6 Å². The molecular weight excluding hydrogens is 426 g/mol. The van der Waals surface area contributed by atoms with E-state index in [1.807, 2.05) is 12.1 Å². The van der Waals surface area contributed by atoms with Crippen molar-refractivity contribution in [1.29, 1.82) is 0 Å². The second kappa shape index (κ2) is 7.39. The molecule has 1 amide bonds. The Balaban J connectivity index is 1.18. The van der Waals surface area contributed by atoms with Crippen molar-refractivity contribution in [2.24, 2.45) is 11.3 Å². The molecule has 4 aliphatic rings. The molecule has 0 bridgehead atoms. The fourth-order valence-corrected chi connectivity index (χ4v) is 6.19. The third-order valence-electron chi connectivity index (χ3n) is 8.53. The number of anilines is 1. The van der Waals surface area contributed by atoms with Crippen molar-refractivity contribution < 1.29 is 14.6 Å². The van der Waals surface area contributed by atoms with Crippen LogP contribution in [-0.2, 0) is 9.53 Å². The van der Waals surface area contributed by atoms with Crippen LogP contribution in [0.4, 0.5) is 5.82 Å². The minimum atomic E-state index is -0.435. The lowest BCUT2D eigenvalue weighted by Crippen LogP contribution is -2.56. The number of aromatic nitrogens is 1. The maximum absolute atomic E-state index is 12.5. The minimum Gasteiger partial charge on any atom is -0.389 e. The van der Waals surface area contributed by atoms with Crippen molar-refractivity contribution >= 4 is 34.1 Å². The number of carbonyl (C=O) groups is 1. The van der Waals surface area contributed by atoms with Crippen LogP contribution in [0.5, 0.6) is 0 Å². The number of hydrogen-bond acceptors (Lipinski definition) is 5. The first-order chi connectivity index (χ1) is 15.4. The first kappa shape index (κ1) is 20.8. The van der Waals surface area contributed by atoms with Gasteiger partial charge in [-0.15, -0.1) is 0 Å². The monoisotopic (exact) mass is 455 g/mol. The summed E-state index contributed by atoms with van der Waals surface area (Å²) in [6.07, 6.45) is 6.77. The molecule has 1 aromatic carbocycles. The van der Waals surface area contributed by atoms with E-state index in [-0.39, 0.29) is 17.4 Å². The average molecular weight is 456 g/mol. The molecule has 6 rings (SSSR count). The van der Waals surface area contributed by atoms with Gasteiger partial charge in [0.25, 0.3) is 0 Å². The van der Waals surface area contributed by atoms with Crippen molar-refractivity contribution in [2.75, 3.05) is 31.6 Å². The number of fused-ring (bicyclic) bond motifs is 1. The Morgan fingerprint density at radius 3 is 2.69 bits per heavy atom. The Kier molecular flexibility index (Phi) is 4.81. The number of rotatable bonds is 4. The highest BCUT2D eigenvalue weighted by Gasteiger charge is 2.65. The number of nitrogens with zero attached hydrogens (tertiary/aromatic N) is 2. The first-order valence-corrected chi connectivity index (χ1v) is 12.2. The summed E-state index contributed by atoms with van der Waals surface area (Å²) < 4.78 is 5.53. The summed E-state index contributed by atoms with van der Waals surface area (Å²) in [4.78, 5) is 19.3. The Labute approximate surface area is 193 Å². The van der Waals surface area contributed by atoms with Gasteiger partial charge in [0, 0.05) is 22.5 Å². The molecule has 2 N–H and O–H groups in total. The second-order valence-electron chi connectivity index (χ2n) is 10.5. The molecule has 1 spiro atoms. The number of halogens is 1. The van der Waals surface area contributed by atoms with Crippen molar-refractivity contribution in [3.05, 3.63) is 35.0 Å². The van der Waals surface area contributed by atoms with Crippen LogP contribution in [-0.4, -0.2) is 58.8 Å². The molecule has 3 heterocycles. The van der Waals surface area contributed by atoms with Crippen molar-refractivity contribution in [3.63, 3.8) is 0 Å². The van der Waals surface area contributed by atoms with Gasteiger partial charge in [-0.1, -0.05) is 11.6 Å². The molecule has 2 saturated heterocycles. The van der Waals surface area contributed by atoms with Gasteiger partial charge in [0.15, 0.2) is 0 Å². The number of amides is 1. The number of nitrogens with one attached hydrogen (secondary N) is 1. The van der Waals surface area contributed by atoms with E-state index in [1.54, 1.807) is 6.20 Å². The van der Waals surface area contributed by atoms with Crippen LogP contribution < -0.4 is 5.32 Å². The molecule has 32 heavy (non-hydrogen) atoms. The molecule has 6 nitrogen and oxygen atoms in total. The zero-order valence-electron chi connectivity index (χ0n) is 18.4. The molecular formula is C25H30ClN3O3. The number of carbonyl (C=O) groups excluding carboxylic acids is 1. The van der Waals surface area contributed by atoms with Gasteiger partial charge in [0.05, 0.1) is 24.9 Å². The molecule has 0 radical (unpaired) electrons. The summed E-state index contributed by atoms with van der Waals surface area (Å²) in [5, 5.41) is 16.2. The van der Waals surface area contributed by atoms with Crippen LogP contribution in [0.1, 0.15) is 50.5 Å². The Morgan fingerprint density at radius 2 is 2.03 bits per heavy atom. The smallest absolute Gasteiger partial charge is 0.229 e. The number of hydrogen-bond donors (Lipinski definition) is 2. The number of aliphatic hydroxyl groups excluding tert-OH is 1. The second-order valence-corrected chi connectivity index (χ2v) is 11.0. The summed E-state index contributed by atoms with van der Waals surface area (Å²) in [7, 11) is 0. The molecule has 1 aromatic heterocycles. The minimum absolute atomic E-state index is 0.113. The molecule has 2 aliphatic carbocycles. The van der Waals surface area contributed by atoms with Crippen LogP contribution in [0.3, 0.4) is 0 Å². The summed E-state index contributed by atoms with van der Waals surface area (Å²) in [5.41, 5.74) is 1.21. The number of benzene rings is 1. The predicted octanol–water partition coefficient (Wildman–Crippen LogP) is 3.96. The zero-order valence-corrected chi connectivity index (χ0v) is 19.2. The number of piperidine rings is 1. The van der Waals surface area contributed by atoms with E-state index >= 15 is 0 Å². The maximum atomic E-state index is 12.5. The molecule has 2 saturated carbocycles. The van der Waals surface area contributed by atoms with Crippen LogP contribution in [0.2, 0.25) is 5.02 Å². The van der Waals surface area contributed by atoms with Crippen LogP contribution in [0.15, 0.2) is 24.4 Å². The molecule has 3 atom stereocenters. The van der Waals surface area contributed by atoms with E-state index in [0.717, 1.165) is 53.7 Å².